The third-order valence-corrected chi connectivity index (χ3v) is 8.52. The number of methoxy groups -OCH3 is 3. The molecule has 2 N–H and O–H groups in total. The summed E-state index contributed by atoms with van der Waals surface area (Å²) < 4.78 is 28.1. The van der Waals surface area contributed by atoms with E-state index in [-0.39, 0.29) is 40.7 Å². The molecule has 0 fully saturated rings. The Morgan fingerprint density at radius 3 is 2.10 bits per heavy atom. The van der Waals surface area contributed by atoms with Crippen molar-refractivity contribution in [1.82, 2.24) is 25.1 Å². The van der Waals surface area contributed by atoms with Crippen LogP contribution in [-0.2, 0) is 6.61 Å². The Hall–Kier alpha value is -6.25. The van der Waals surface area contributed by atoms with Crippen LogP contribution in [0.4, 0.5) is 5.13 Å². The molecule has 1 amide bonds. The van der Waals surface area contributed by atoms with Gasteiger partial charge in [-0.05, 0) is 41.7 Å². The van der Waals surface area contributed by atoms with Gasteiger partial charge in [0.05, 0.1) is 37.6 Å². The lowest BCUT2D eigenvalue weighted by Crippen LogP contribution is -2.14. The first-order valence-corrected chi connectivity index (χ1v) is 16.8. The van der Waals surface area contributed by atoms with E-state index in [9.17, 15) is 9.90 Å². The number of nitrogens with one attached hydrogen (secondary N) is 1. The number of benzene rings is 2. The minimum absolute atomic E-state index is 0.0247. The molecule has 0 bridgehead atoms. The number of ether oxygens (including phenoxy) is 5. The van der Waals surface area contributed by atoms with Crippen molar-refractivity contribution in [2.75, 3.05) is 33.3 Å². The molecular formula is C37H31ClN6O7S. The molecule has 0 aliphatic rings. The first kappa shape index (κ1) is 35.6. The number of aliphatic hydroxyl groups is 1. The lowest BCUT2D eigenvalue weighted by Gasteiger charge is -2.15. The number of rotatable bonds is 14. The second-order valence-corrected chi connectivity index (χ2v) is 12.1. The highest BCUT2D eigenvalue weighted by Crippen LogP contribution is 2.37. The van der Waals surface area contributed by atoms with Crippen molar-refractivity contribution in [3.05, 3.63) is 119 Å². The molecular weight excluding hydrogens is 708 g/mol. The summed E-state index contributed by atoms with van der Waals surface area (Å²) in [4.78, 5) is 26.4. The Bertz CT molecular complexity index is 2210. The van der Waals surface area contributed by atoms with Gasteiger partial charge in [0.2, 0.25) is 16.9 Å². The predicted molar refractivity (Wildman–Crippen MR) is 197 cm³/mol. The van der Waals surface area contributed by atoms with Crippen LogP contribution in [0.3, 0.4) is 0 Å². The van der Waals surface area contributed by atoms with Gasteiger partial charge in [-0.2, -0.15) is 0 Å². The molecule has 52 heavy (non-hydrogen) atoms. The van der Waals surface area contributed by atoms with Gasteiger partial charge in [0.25, 0.3) is 11.1 Å². The number of hydrogen-bond acceptors (Lipinski definition) is 13. The van der Waals surface area contributed by atoms with Gasteiger partial charge in [-0.3, -0.25) is 15.1 Å². The fourth-order valence-electron chi connectivity index (χ4n) is 5.04. The number of halogens is 1. The minimum atomic E-state index is -0.490. The van der Waals surface area contributed by atoms with Gasteiger partial charge >= 0.3 is 0 Å². The van der Waals surface area contributed by atoms with Gasteiger partial charge in [-0.25, -0.2) is 9.97 Å². The van der Waals surface area contributed by atoms with E-state index < -0.39 is 5.91 Å². The summed E-state index contributed by atoms with van der Waals surface area (Å²) in [5, 5.41) is 23.0. The molecule has 6 rings (SSSR count). The number of carbonyl (C=O) groups excluding carboxylic acids is 1. The number of amides is 1. The summed E-state index contributed by atoms with van der Waals surface area (Å²) in [6.07, 6.45) is 5.99. The summed E-state index contributed by atoms with van der Waals surface area (Å²) in [6.45, 7) is 0.124. The maximum absolute atomic E-state index is 13.6. The molecule has 4 aromatic heterocycles. The van der Waals surface area contributed by atoms with Crippen LogP contribution in [0.1, 0.15) is 21.6 Å². The normalized spacial score (nSPS) is 11.1. The summed E-state index contributed by atoms with van der Waals surface area (Å²) >= 11 is 6.96. The van der Waals surface area contributed by atoms with Crippen molar-refractivity contribution in [2.24, 2.45) is 0 Å². The van der Waals surface area contributed by atoms with E-state index in [4.69, 9.17) is 35.3 Å². The van der Waals surface area contributed by atoms with E-state index in [0.29, 0.717) is 50.3 Å². The zero-order chi connectivity index (χ0) is 36.5. The van der Waals surface area contributed by atoms with Crippen LogP contribution in [0.5, 0.6) is 28.5 Å². The van der Waals surface area contributed by atoms with Gasteiger partial charge < -0.3 is 28.8 Å². The van der Waals surface area contributed by atoms with Crippen LogP contribution in [0.15, 0.2) is 97.5 Å². The number of hydrogen-bond donors (Lipinski definition) is 2. The van der Waals surface area contributed by atoms with E-state index in [2.05, 4.69) is 30.5 Å². The Kier molecular flexibility index (Phi) is 11.4. The molecule has 0 radical (unpaired) electrons. The Balaban J connectivity index is 1.22. The Labute approximate surface area is 307 Å². The van der Waals surface area contributed by atoms with Crippen molar-refractivity contribution < 1.29 is 33.6 Å². The lowest BCUT2D eigenvalue weighted by molar-refractivity contribution is 0.102. The second kappa shape index (κ2) is 16.6. The molecule has 0 aliphatic heterocycles. The highest BCUT2D eigenvalue weighted by Gasteiger charge is 2.20. The molecule has 2 aromatic carbocycles. The zero-order valence-electron chi connectivity index (χ0n) is 28.1. The first-order valence-electron chi connectivity index (χ1n) is 15.6. The monoisotopic (exact) mass is 738 g/mol. The van der Waals surface area contributed by atoms with Crippen molar-refractivity contribution in [2.45, 2.75) is 6.61 Å². The first-order chi connectivity index (χ1) is 25.4. The third kappa shape index (κ3) is 8.37. The Morgan fingerprint density at radius 1 is 0.769 bits per heavy atom. The Morgan fingerprint density at radius 2 is 1.42 bits per heavy atom. The fraction of sp³-hybridized carbons (Fsp3) is 0.135. The summed E-state index contributed by atoms with van der Waals surface area (Å²) in [6, 6.07) is 21.4. The number of nitrogens with zero attached hydrogens (tertiary/aromatic N) is 5. The smallest absolute Gasteiger partial charge is 0.296 e. The molecule has 0 saturated heterocycles. The molecule has 4 heterocycles. The largest absolute Gasteiger partial charge is 0.507 e. The van der Waals surface area contributed by atoms with Crippen LogP contribution in [0.25, 0.3) is 28.0 Å². The number of aliphatic hydroxyl groups excluding tert-OH is 1. The van der Waals surface area contributed by atoms with Crippen LogP contribution >= 0.6 is 22.9 Å². The number of anilines is 1. The van der Waals surface area contributed by atoms with Gasteiger partial charge in [0.1, 0.15) is 30.5 Å². The van der Waals surface area contributed by atoms with Crippen molar-refractivity contribution in [3.63, 3.8) is 0 Å². The molecule has 0 unspecified atom stereocenters. The highest BCUT2D eigenvalue weighted by atomic mass is 35.5. The van der Waals surface area contributed by atoms with Crippen LogP contribution in [0, 0.1) is 0 Å². The second-order valence-electron chi connectivity index (χ2n) is 10.7. The fourth-order valence-corrected chi connectivity index (χ4v) is 5.74. The van der Waals surface area contributed by atoms with Crippen molar-refractivity contribution in [1.29, 1.82) is 0 Å². The van der Waals surface area contributed by atoms with Crippen LogP contribution < -0.4 is 29.0 Å². The molecule has 6 aromatic rings. The molecule has 264 valence electrons. The maximum Gasteiger partial charge on any atom is 0.296 e. The highest BCUT2D eigenvalue weighted by molar-refractivity contribution is 7.17. The van der Waals surface area contributed by atoms with Gasteiger partial charge in [0, 0.05) is 58.5 Å². The average molecular weight is 739 g/mol. The topological polar surface area (TPSA) is 160 Å². The summed E-state index contributed by atoms with van der Waals surface area (Å²) in [5.41, 5.74) is 3.80. The molecule has 0 atom stereocenters. The maximum atomic E-state index is 13.6. The van der Waals surface area contributed by atoms with E-state index in [1.807, 2.05) is 30.3 Å². The molecule has 0 saturated carbocycles. The number of pyridine rings is 3. The number of carbonyl (C=O) groups is 1. The SMILES string of the molecule is COc1cc(-c2ccccc2OC/C=C(\O)c2cnc(OC)cc2-c2ccccc2OC)c(C(=O)Nc2nnc(OCc3ccc(Cl)cn3)s2)cn1. The minimum Gasteiger partial charge on any atom is -0.507 e. The van der Waals surface area contributed by atoms with Gasteiger partial charge in [-0.1, -0.05) is 53.1 Å². The van der Waals surface area contributed by atoms with Crippen LogP contribution in [-0.4, -0.2) is 64.1 Å². The van der Waals surface area contributed by atoms with E-state index in [0.717, 1.165) is 16.9 Å². The third-order valence-electron chi connectivity index (χ3n) is 7.55. The summed E-state index contributed by atoms with van der Waals surface area (Å²) in [7, 11) is 4.58. The summed E-state index contributed by atoms with van der Waals surface area (Å²) in [5.74, 6) is 1.17. The van der Waals surface area contributed by atoms with Gasteiger partial charge in [0.15, 0.2) is 0 Å². The standard InChI is InChI=1S/C37H31ClN6O7S/c1-47-31-10-6-4-8-24(31)26-16-33(48-2)40-19-28(26)30(45)14-15-50-32-11-7-5-9-25(32)27-17-34(49-3)41-20-29(27)35(46)42-36-43-44-37(52-36)51-21-23-13-12-22(38)18-39-23/h4-14,16-20,45H,15,21H2,1-3H3,(H,42,43,46)/b30-14-. The van der Waals surface area contributed by atoms with Crippen molar-refractivity contribution in [3.8, 4) is 50.7 Å². The zero-order valence-corrected chi connectivity index (χ0v) is 29.6. The van der Waals surface area contributed by atoms with E-state index in [1.165, 1.54) is 38.9 Å². The predicted octanol–water partition coefficient (Wildman–Crippen LogP) is 7.55. The molecule has 0 spiro atoms. The average Bonchev–Trinajstić information content (AvgIpc) is 3.64. The van der Waals surface area contributed by atoms with Gasteiger partial charge in [-0.15, -0.1) is 5.10 Å². The van der Waals surface area contributed by atoms with Crippen molar-refractivity contribution >= 4 is 39.7 Å². The van der Waals surface area contributed by atoms with E-state index >= 15 is 0 Å². The van der Waals surface area contributed by atoms with E-state index in [1.54, 1.807) is 49.6 Å². The quantitative estimate of drug-likeness (QED) is 0.106. The van der Waals surface area contributed by atoms with Crippen LogP contribution in [0.2, 0.25) is 5.02 Å². The number of para-hydroxylation sites is 2. The molecule has 15 heteroatoms. The lowest BCUT2D eigenvalue weighted by atomic mass is 9.99. The molecule has 0 aliphatic carbocycles. The molecule has 13 nitrogen and oxygen atoms in total. The number of aromatic nitrogens is 5.